The van der Waals surface area contributed by atoms with Crippen molar-refractivity contribution in [2.75, 3.05) is 6.73 Å². The van der Waals surface area contributed by atoms with Crippen LogP contribution >= 0.6 is 0 Å². The third-order valence-electron chi connectivity index (χ3n) is 5.25. The first kappa shape index (κ1) is 21.6. The van der Waals surface area contributed by atoms with Gasteiger partial charge in [0.1, 0.15) is 18.4 Å². The van der Waals surface area contributed by atoms with Gasteiger partial charge in [0, 0.05) is 17.1 Å². The van der Waals surface area contributed by atoms with Crippen molar-refractivity contribution in [3.05, 3.63) is 102 Å². The van der Waals surface area contributed by atoms with Gasteiger partial charge in [-0.05, 0) is 41.3 Å². The highest BCUT2D eigenvalue weighted by Crippen LogP contribution is 2.25. The molecular formula is C26H26N2O4. The van der Waals surface area contributed by atoms with Crippen LogP contribution in [0.4, 0.5) is 0 Å². The Morgan fingerprint density at radius 3 is 2.38 bits per heavy atom. The van der Waals surface area contributed by atoms with E-state index in [9.17, 15) is 9.90 Å². The number of ether oxygens (including phenoxy) is 2. The third-order valence-corrected chi connectivity index (χ3v) is 5.25. The molecule has 0 spiro atoms. The lowest BCUT2D eigenvalue weighted by atomic mass is 10.1. The minimum atomic E-state index is -0.892. The van der Waals surface area contributed by atoms with E-state index in [1.54, 1.807) is 0 Å². The molecule has 0 saturated carbocycles. The zero-order valence-corrected chi connectivity index (χ0v) is 17.7. The molecular weight excluding hydrogens is 404 g/mol. The Balaban J connectivity index is 1.22. The van der Waals surface area contributed by atoms with Crippen molar-refractivity contribution < 1.29 is 19.4 Å². The SMILES string of the molecule is O=C(O)[C@H](Cc1ccccc1)NCOCc1ccc(COc2cccc3[nH]ccc23)cc1. The predicted octanol–water partition coefficient (Wildman–Crippen LogP) is 4.51. The summed E-state index contributed by atoms with van der Waals surface area (Å²) < 4.78 is 11.6. The normalized spacial score (nSPS) is 12.0. The first-order valence-electron chi connectivity index (χ1n) is 10.5. The molecule has 0 aliphatic rings. The molecule has 1 aromatic heterocycles. The van der Waals surface area contributed by atoms with Gasteiger partial charge < -0.3 is 19.6 Å². The number of H-pyrrole nitrogens is 1. The number of aromatic amines is 1. The second kappa shape index (κ2) is 10.6. The number of fused-ring (bicyclic) bond motifs is 1. The van der Waals surface area contributed by atoms with Crippen molar-refractivity contribution >= 4 is 16.9 Å². The van der Waals surface area contributed by atoms with E-state index in [0.29, 0.717) is 19.6 Å². The smallest absolute Gasteiger partial charge is 0.321 e. The minimum absolute atomic E-state index is 0.162. The second-order valence-corrected chi connectivity index (χ2v) is 7.58. The molecule has 0 amide bonds. The number of hydrogen-bond donors (Lipinski definition) is 3. The summed E-state index contributed by atoms with van der Waals surface area (Å²) in [6, 6.07) is 24.8. The molecule has 0 aliphatic carbocycles. The maximum Gasteiger partial charge on any atom is 0.321 e. The molecule has 0 fully saturated rings. The molecule has 4 aromatic rings. The van der Waals surface area contributed by atoms with Crippen LogP contribution in [-0.2, 0) is 29.2 Å². The van der Waals surface area contributed by atoms with Crippen molar-refractivity contribution in [1.82, 2.24) is 10.3 Å². The zero-order chi connectivity index (χ0) is 22.2. The minimum Gasteiger partial charge on any atom is -0.488 e. The first-order valence-corrected chi connectivity index (χ1v) is 10.5. The molecule has 1 heterocycles. The van der Waals surface area contributed by atoms with Gasteiger partial charge in [-0.15, -0.1) is 0 Å². The summed E-state index contributed by atoms with van der Waals surface area (Å²) in [6.07, 6.45) is 2.31. The Morgan fingerprint density at radius 1 is 0.875 bits per heavy atom. The largest absolute Gasteiger partial charge is 0.488 e. The molecule has 3 N–H and O–H groups in total. The van der Waals surface area contributed by atoms with Crippen LogP contribution < -0.4 is 10.1 Å². The van der Waals surface area contributed by atoms with Gasteiger partial charge in [0.25, 0.3) is 0 Å². The van der Waals surface area contributed by atoms with Crippen LogP contribution in [0.1, 0.15) is 16.7 Å². The fraction of sp³-hybridized carbons (Fsp3) is 0.192. The van der Waals surface area contributed by atoms with Crippen molar-refractivity contribution in [3.63, 3.8) is 0 Å². The average Bonchev–Trinajstić information content (AvgIpc) is 3.30. The van der Waals surface area contributed by atoms with Crippen molar-refractivity contribution in [3.8, 4) is 5.75 Å². The number of hydrogen-bond acceptors (Lipinski definition) is 4. The van der Waals surface area contributed by atoms with E-state index >= 15 is 0 Å². The van der Waals surface area contributed by atoms with E-state index < -0.39 is 12.0 Å². The number of nitrogens with one attached hydrogen (secondary N) is 2. The Hall–Kier alpha value is -3.61. The van der Waals surface area contributed by atoms with Crippen LogP contribution in [0.2, 0.25) is 0 Å². The summed E-state index contributed by atoms with van der Waals surface area (Å²) in [5.74, 6) is -0.0390. The molecule has 3 aromatic carbocycles. The molecule has 164 valence electrons. The van der Waals surface area contributed by atoms with Gasteiger partial charge in [0.05, 0.1) is 13.3 Å². The molecule has 6 nitrogen and oxygen atoms in total. The topological polar surface area (TPSA) is 83.6 Å². The highest BCUT2D eigenvalue weighted by molar-refractivity contribution is 5.85. The number of carbonyl (C=O) groups is 1. The highest BCUT2D eigenvalue weighted by atomic mass is 16.5. The van der Waals surface area contributed by atoms with Crippen molar-refractivity contribution in [2.24, 2.45) is 0 Å². The quantitative estimate of drug-likeness (QED) is 0.241. The summed E-state index contributed by atoms with van der Waals surface area (Å²) in [6.45, 7) is 1.04. The lowest BCUT2D eigenvalue weighted by Gasteiger charge is -2.15. The molecule has 4 rings (SSSR count). The standard InChI is InChI=1S/C26H26N2O4/c29-26(30)24(15-19-5-2-1-3-6-19)28-18-31-16-20-9-11-21(12-10-20)17-32-25-8-4-7-23-22(25)13-14-27-23/h1-14,24,27-28H,15-18H2,(H,29,30)/t24-/m0/s1. The monoisotopic (exact) mass is 430 g/mol. The van der Waals surface area contributed by atoms with Gasteiger partial charge in [-0.25, -0.2) is 0 Å². The Kier molecular flexibility index (Phi) is 7.17. The summed E-state index contributed by atoms with van der Waals surface area (Å²) in [5.41, 5.74) is 4.10. The molecule has 0 bridgehead atoms. The van der Waals surface area contributed by atoms with Crippen LogP contribution in [0.25, 0.3) is 10.9 Å². The molecule has 0 unspecified atom stereocenters. The van der Waals surface area contributed by atoms with Gasteiger partial charge in [0.2, 0.25) is 0 Å². The molecule has 6 heteroatoms. The van der Waals surface area contributed by atoms with Crippen LogP contribution in [0, 0.1) is 0 Å². The number of rotatable bonds is 11. The van der Waals surface area contributed by atoms with Gasteiger partial charge >= 0.3 is 5.97 Å². The molecule has 32 heavy (non-hydrogen) atoms. The number of aromatic nitrogens is 1. The number of benzene rings is 3. The molecule has 0 aliphatic heterocycles. The van der Waals surface area contributed by atoms with E-state index in [4.69, 9.17) is 9.47 Å². The van der Waals surface area contributed by atoms with E-state index in [1.807, 2.05) is 85.1 Å². The van der Waals surface area contributed by atoms with Crippen LogP contribution in [0.15, 0.2) is 85.1 Å². The Bertz CT molecular complexity index is 1140. The Morgan fingerprint density at radius 2 is 1.62 bits per heavy atom. The predicted molar refractivity (Wildman–Crippen MR) is 123 cm³/mol. The van der Waals surface area contributed by atoms with Gasteiger partial charge in [-0.3, -0.25) is 10.1 Å². The second-order valence-electron chi connectivity index (χ2n) is 7.58. The van der Waals surface area contributed by atoms with E-state index in [-0.39, 0.29) is 6.73 Å². The van der Waals surface area contributed by atoms with E-state index in [2.05, 4.69) is 10.3 Å². The fourth-order valence-electron chi connectivity index (χ4n) is 3.50. The summed E-state index contributed by atoms with van der Waals surface area (Å²) in [7, 11) is 0. The van der Waals surface area contributed by atoms with Gasteiger partial charge in [-0.1, -0.05) is 60.7 Å². The number of carboxylic acid groups (broad SMARTS) is 1. The third kappa shape index (κ3) is 5.75. The fourth-order valence-corrected chi connectivity index (χ4v) is 3.50. The van der Waals surface area contributed by atoms with Crippen molar-refractivity contribution in [2.45, 2.75) is 25.7 Å². The maximum atomic E-state index is 11.5. The number of aliphatic carboxylic acids is 1. The molecule has 1 atom stereocenters. The maximum absolute atomic E-state index is 11.5. The average molecular weight is 431 g/mol. The Labute approximate surface area is 186 Å². The lowest BCUT2D eigenvalue weighted by molar-refractivity contribution is -0.140. The highest BCUT2D eigenvalue weighted by Gasteiger charge is 2.17. The van der Waals surface area contributed by atoms with E-state index in [0.717, 1.165) is 33.3 Å². The summed E-state index contributed by atoms with van der Waals surface area (Å²) in [5, 5.41) is 13.5. The number of carboxylic acids is 1. The summed E-state index contributed by atoms with van der Waals surface area (Å²) in [4.78, 5) is 14.7. The molecule has 0 radical (unpaired) electrons. The van der Waals surface area contributed by atoms with Crippen molar-refractivity contribution in [1.29, 1.82) is 0 Å². The van der Waals surface area contributed by atoms with Gasteiger partial charge in [-0.2, -0.15) is 0 Å². The first-order chi connectivity index (χ1) is 15.7. The van der Waals surface area contributed by atoms with E-state index in [1.165, 1.54) is 0 Å². The van der Waals surface area contributed by atoms with Crippen LogP contribution in [0.5, 0.6) is 5.75 Å². The summed E-state index contributed by atoms with van der Waals surface area (Å²) >= 11 is 0. The van der Waals surface area contributed by atoms with Gasteiger partial charge in [0.15, 0.2) is 0 Å². The lowest BCUT2D eigenvalue weighted by Crippen LogP contribution is -2.39. The van der Waals surface area contributed by atoms with Crippen LogP contribution in [0.3, 0.4) is 0 Å². The van der Waals surface area contributed by atoms with Crippen LogP contribution in [-0.4, -0.2) is 28.8 Å². The molecule has 0 saturated heterocycles. The zero-order valence-electron chi connectivity index (χ0n) is 17.7.